The van der Waals surface area contributed by atoms with Gasteiger partial charge in [-0.05, 0) is 54.8 Å². The van der Waals surface area contributed by atoms with Crippen LogP contribution in [-0.4, -0.2) is 104 Å². The molecular weight excluding hydrogens is 488 g/mol. The van der Waals surface area contributed by atoms with E-state index < -0.39 is 74.4 Å². The van der Waals surface area contributed by atoms with Gasteiger partial charge in [-0.2, -0.15) is 0 Å². The van der Waals surface area contributed by atoms with Crippen LogP contribution in [0.3, 0.4) is 0 Å². The Bertz CT molecular complexity index is 1030. The number of hydrogen-bond donors (Lipinski definition) is 7. The third-order valence-electron chi connectivity index (χ3n) is 6.62. The zero-order valence-electron chi connectivity index (χ0n) is 20.5. The molecule has 4 rings (SSSR count). The van der Waals surface area contributed by atoms with Crippen LogP contribution in [0.5, 0.6) is 11.5 Å². The van der Waals surface area contributed by atoms with Gasteiger partial charge in [-0.15, -0.1) is 0 Å². The molecule has 0 bridgehead atoms. The minimum atomic E-state index is -1.74. The first-order valence-corrected chi connectivity index (χ1v) is 12.1. The van der Waals surface area contributed by atoms with Gasteiger partial charge in [-0.25, -0.2) is 0 Å². The summed E-state index contributed by atoms with van der Waals surface area (Å²) in [5.74, 6) is 1.10. The number of rotatable bonds is 7. The van der Waals surface area contributed by atoms with Gasteiger partial charge in [0.25, 0.3) is 0 Å². The van der Waals surface area contributed by atoms with Crippen LogP contribution in [0.2, 0.25) is 0 Å². The molecular formula is C26H34O11. The molecule has 11 heteroatoms. The average molecular weight is 523 g/mol. The zero-order chi connectivity index (χ0) is 26.9. The normalized spacial score (nSPS) is 36.4. The lowest BCUT2D eigenvalue weighted by Crippen LogP contribution is -2.63. The molecule has 2 saturated heterocycles. The van der Waals surface area contributed by atoms with E-state index in [9.17, 15) is 35.7 Å². The molecule has 0 saturated carbocycles. The van der Waals surface area contributed by atoms with Crippen molar-refractivity contribution in [2.24, 2.45) is 0 Å². The van der Waals surface area contributed by atoms with E-state index >= 15 is 0 Å². The highest BCUT2D eigenvalue weighted by molar-refractivity contribution is 5.39. The van der Waals surface area contributed by atoms with E-state index in [2.05, 4.69) is 0 Å². The minimum absolute atomic E-state index is 0.469. The highest BCUT2D eigenvalue weighted by Crippen LogP contribution is 2.37. The summed E-state index contributed by atoms with van der Waals surface area (Å²) in [6.45, 7) is 2.65. The van der Waals surface area contributed by atoms with Gasteiger partial charge in [-0.1, -0.05) is 18.2 Å². The number of aliphatic hydroxyl groups is 7. The van der Waals surface area contributed by atoms with Gasteiger partial charge in [0.05, 0.1) is 13.2 Å². The van der Waals surface area contributed by atoms with E-state index in [4.69, 9.17) is 18.9 Å². The van der Waals surface area contributed by atoms with Gasteiger partial charge >= 0.3 is 0 Å². The number of ether oxygens (including phenoxy) is 4. The molecule has 2 heterocycles. The highest BCUT2D eigenvalue weighted by atomic mass is 16.7. The standard InChI is InChI=1S/C26H34O11/c1-12-6-13(2)8-16(7-12)34-15-5-3-4-14(9-15)24-23(33)25(20(30)18(11-28)35-24)37-26-22(32)21(31)19(29)17(10-27)36-26/h3-9,17-33H,10-11H2,1-2H3/t17-,18-,19-,20+,21+,22+,23+,24-,25+,26-/m1/s1. The number of aliphatic hydroxyl groups excluding tert-OH is 7. The molecule has 0 unspecified atom stereocenters. The van der Waals surface area contributed by atoms with Crippen LogP contribution in [0, 0.1) is 13.8 Å². The number of aryl methyl sites for hydroxylation is 2. The van der Waals surface area contributed by atoms with Crippen molar-refractivity contribution in [1.29, 1.82) is 0 Å². The fourth-order valence-corrected chi connectivity index (χ4v) is 4.74. The second-order valence-corrected chi connectivity index (χ2v) is 9.55. The molecule has 0 spiro atoms. The predicted octanol–water partition coefficient (Wildman–Crippen LogP) is -0.565. The molecule has 0 aromatic heterocycles. The van der Waals surface area contributed by atoms with Gasteiger partial charge < -0.3 is 54.7 Å². The fourth-order valence-electron chi connectivity index (χ4n) is 4.74. The molecule has 204 valence electrons. The first-order chi connectivity index (χ1) is 17.6. The van der Waals surface area contributed by atoms with Crippen LogP contribution >= 0.6 is 0 Å². The van der Waals surface area contributed by atoms with Crippen LogP contribution < -0.4 is 4.74 Å². The lowest BCUT2D eigenvalue weighted by molar-refractivity contribution is -0.342. The molecule has 11 nitrogen and oxygen atoms in total. The molecule has 0 amide bonds. The van der Waals surface area contributed by atoms with Crippen molar-refractivity contribution in [2.45, 2.75) is 75.1 Å². The Morgan fingerprint density at radius 3 is 2.00 bits per heavy atom. The molecule has 0 aliphatic carbocycles. The molecule has 7 N–H and O–H groups in total. The Hall–Kier alpha value is -2.16. The summed E-state index contributed by atoms with van der Waals surface area (Å²) in [6.07, 6.45) is -14.5. The van der Waals surface area contributed by atoms with Gasteiger partial charge in [0, 0.05) is 0 Å². The second-order valence-electron chi connectivity index (χ2n) is 9.55. The Balaban J connectivity index is 1.56. The van der Waals surface area contributed by atoms with Crippen LogP contribution in [-0.2, 0) is 14.2 Å². The van der Waals surface area contributed by atoms with Crippen LogP contribution in [0.4, 0.5) is 0 Å². The molecule has 10 atom stereocenters. The molecule has 2 aliphatic rings. The topological polar surface area (TPSA) is 179 Å². The highest BCUT2D eigenvalue weighted by Gasteiger charge is 2.50. The Morgan fingerprint density at radius 2 is 1.35 bits per heavy atom. The summed E-state index contributed by atoms with van der Waals surface area (Å²) in [7, 11) is 0. The molecule has 2 aromatic carbocycles. The lowest BCUT2D eigenvalue weighted by atomic mass is 9.90. The number of hydrogen-bond acceptors (Lipinski definition) is 11. The van der Waals surface area contributed by atoms with Gasteiger partial charge in [0.15, 0.2) is 6.29 Å². The summed E-state index contributed by atoms with van der Waals surface area (Å²) in [5, 5.41) is 71.5. The second kappa shape index (κ2) is 11.7. The van der Waals surface area contributed by atoms with Crippen molar-refractivity contribution in [3.63, 3.8) is 0 Å². The maximum atomic E-state index is 11.1. The van der Waals surface area contributed by atoms with Crippen molar-refractivity contribution in [3.05, 3.63) is 59.2 Å². The van der Waals surface area contributed by atoms with Gasteiger partial charge in [0.1, 0.15) is 66.4 Å². The first kappa shape index (κ1) is 27.9. The smallest absolute Gasteiger partial charge is 0.187 e. The van der Waals surface area contributed by atoms with E-state index in [1.165, 1.54) is 0 Å². The molecule has 0 radical (unpaired) electrons. The van der Waals surface area contributed by atoms with Crippen molar-refractivity contribution in [1.82, 2.24) is 0 Å². The third kappa shape index (κ3) is 5.96. The van der Waals surface area contributed by atoms with E-state index in [-0.39, 0.29) is 0 Å². The summed E-state index contributed by atoms with van der Waals surface area (Å²) in [5.41, 5.74) is 2.54. The third-order valence-corrected chi connectivity index (χ3v) is 6.62. The van der Waals surface area contributed by atoms with E-state index in [0.717, 1.165) is 11.1 Å². The lowest BCUT2D eigenvalue weighted by Gasteiger charge is -2.46. The van der Waals surface area contributed by atoms with Gasteiger partial charge in [0.2, 0.25) is 0 Å². The van der Waals surface area contributed by atoms with Gasteiger partial charge in [-0.3, -0.25) is 0 Å². The predicted molar refractivity (Wildman–Crippen MR) is 128 cm³/mol. The first-order valence-electron chi connectivity index (χ1n) is 12.1. The van der Waals surface area contributed by atoms with Crippen molar-refractivity contribution < 1.29 is 54.7 Å². The molecule has 2 aromatic rings. The SMILES string of the molecule is Cc1cc(C)cc(Oc2cccc([C@H]3O[C@H](CO)[C@H](O)[C@H](O[C@H]4O[C@H](CO)[C@@H](O)[C@H](O)[C@@H]4O)[C@H]3O)c2)c1. The minimum Gasteiger partial charge on any atom is -0.457 e. The van der Waals surface area contributed by atoms with Crippen LogP contribution in [0.15, 0.2) is 42.5 Å². The summed E-state index contributed by atoms with van der Waals surface area (Å²) >= 11 is 0. The van der Waals surface area contributed by atoms with Crippen LogP contribution in [0.25, 0.3) is 0 Å². The number of benzene rings is 2. The van der Waals surface area contributed by atoms with E-state index in [1.54, 1.807) is 24.3 Å². The Labute approximate surface area is 214 Å². The molecule has 2 aliphatic heterocycles. The maximum absolute atomic E-state index is 11.1. The van der Waals surface area contributed by atoms with Crippen molar-refractivity contribution in [3.8, 4) is 11.5 Å². The molecule has 2 fully saturated rings. The Morgan fingerprint density at radius 1 is 0.703 bits per heavy atom. The summed E-state index contributed by atoms with van der Waals surface area (Å²) in [4.78, 5) is 0. The van der Waals surface area contributed by atoms with Crippen LogP contribution in [0.1, 0.15) is 22.8 Å². The van der Waals surface area contributed by atoms with E-state index in [1.807, 2.05) is 32.0 Å². The maximum Gasteiger partial charge on any atom is 0.187 e. The summed E-state index contributed by atoms with van der Waals surface area (Å²) in [6, 6.07) is 12.6. The zero-order valence-corrected chi connectivity index (χ0v) is 20.5. The van der Waals surface area contributed by atoms with E-state index in [0.29, 0.717) is 17.1 Å². The fraction of sp³-hybridized carbons (Fsp3) is 0.538. The molecule has 37 heavy (non-hydrogen) atoms. The average Bonchev–Trinajstić information content (AvgIpc) is 2.86. The monoisotopic (exact) mass is 522 g/mol. The Kier molecular flexibility index (Phi) is 8.81. The van der Waals surface area contributed by atoms with Crippen molar-refractivity contribution in [2.75, 3.05) is 13.2 Å². The van der Waals surface area contributed by atoms with Crippen molar-refractivity contribution >= 4 is 0 Å². The quantitative estimate of drug-likeness (QED) is 0.248. The summed E-state index contributed by atoms with van der Waals surface area (Å²) < 4.78 is 22.8. The largest absolute Gasteiger partial charge is 0.457 e.